The molecule has 0 aromatic carbocycles. The van der Waals surface area contributed by atoms with Crippen LogP contribution in [0, 0.1) is 0 Å². The van der Waals surface area contributed by atoms with Gasteiger partial charge >= 0.3 is 0 Å². The highest BCUT2D eigenvalue weighted by molar-refractivity contribution is 7.09. The zero-order chi connectivity index (χ0) is 10.5. The van der Waals surface area contributed by atoms with Gasteiger partial charge in [0, 0.05) is 30.3 Å². The molecule has 0 aliphatic heterocycles. The quantitative estimate of drug-likeness (QED) is 0.850. The second kappa shape index (κ2) is 4.70. The van der Waals surface area contributed by atoms with Gasteiger partial charge in [0.15, 0.2) is 0 Å². The normalized spacial score (nSPS) is 9.93. The van der Waals surface area contributed by atoms with Gasteiger partial charge in [0.2, 0.25) is 5.88 Å². The molecule has 78 valence electrons. The smallest absolute Gasteiger partial charge is 0.212 e. The molecule has 0 saturated heterocycles. The predicted molar refractivity (Wildman–Crippen MR) is 58.0 cm³/mol. The summed E-state index contributed by atoms with van der Waals surface area (Å²) in [6, 6.07) is 3.80. The summed E-state index contributed by atoms with van der Waals surface area (Å²) in [7, 11) is 1.60. The van der Waals surface area contributed by atoms with Gasteiger partial charge in [-0.2, -0.15) is 0 Å². The number of nitrogens with zero attached hydrogens (tertiary/aromatic N) is 3. The number of nitrogens with one attached hydrogen (secondary N) is 1. The molecule has 2 heterocycles. The standard InChI is InChI=1S/C9H10N4OS/c1-14-8-3-2-7(4-10-8)5-11-9-6-12-13-15-9/h2-4,6,11H,5H2,1H3. The predicted octanol–water partition coefficient (Wildman–Crippen LogP) is 1.55. The zero-order valence-electron chi connectivity index (χ0n) is 8.17. The first-order valence-electron chi connectivity index (χ1n) is 4.38. The molecular formula is C9H10N4OS. The van der Waals surface area contributed by atoms with E-state index in [1.54, 1.807) is 19.5 Å². The second-order valence-electron chi connectivity index (χ2n) is 2.84. The number of rotatable bonds is 4. The Kier molecular flexibility index (Phi) is 3.08. The van der Waals surface area contributed by atoms with Gasteiger partial charge in [-0.3, -0.25) is 0 Å². The third-order valence-electron chi connectivity index (χ3n) is 1.83. The number of aromatic nitrogens is 3. The third-order valence-corrected chi connectivity index (χ3v) is 2.46. The first-order chi connectivity index (χ1) is 7.38. The first kappa shape index (κ1) is 9.85. The highest BCUT2D eigenvalue weighted by Gasteiger charge is 1.97. The van der Waals surface area contributed by atoms with Gasteiger partial charge in [-0.05, 0) is 5.56 Å². The van der Waals surface area contributed by atoms with Gasteiger partial charge in [0.05, 0.1) is 13.3 Å². The number of hydrogen-bond donors (Lipinski definition) is 1. The van der Waals surface area contributed by atoms with Crippen molar-refractivity contribution in [2.24, 2.45) is 0 Å². The van der Waals surface area contributed by atoms with E-state index in [0.29, 0.717) is 12.4 Å². The zero-order valence-corrected chi connectivity index (χ0v) is 8.99. The van der Waals surface area contributed by atoms with E-state index in [2.05, 4.69) is 19.9 Å². The van der Waals surface area contributed by atoms with Crippen LogP contribution in [-0.4, -0.2) is 21.7 Å². The molecule has 15 heavy (non-hydrogen) atoms. The lowest BCUT2D eigenvalue weighted by molar-refractivity contribution is 0.397. The van der Waals surface area contributed by atoms with E-state index in [0.717, 1.165) is 10.6 Å². The Bertz CT molecular complexity index is 401. The van der Waals surface area contributed by atoms with Gasteiger partial charge in [-0.1, -0.05) is 10.6 Å². The van der Waals surface area contributed by atoms with Crippen LogP contribution in [0.15, 0.2) is 24.5 Å². The lowest BCUT2D eigenvalue weighted by atomic mass is 10.3. The highest BCUT2D eigenvalue weighted by Crippen LogP contribution is 2.12. The van der Waals surface area contributed by atoms with Crippen LogP contribution >= 0.6 is 11.5 Å². The fourth-order valence-electron chi connectivity index (χ4n) is 1.07. The summed E-state index contributed by atoms with van der Waals surface area (Å²) >= 11 is 1.33. The summed E-state index contributed by atoms with van der Waals surface area (Å²) in [5.41, 5.74) is 1.09. The lowest BCUT2D eigenvalue weighted by Gasteiger charge is -2.03. The molecule has 2 aromatic heterocycles. The summed E-state index contributed by atoms with van der Waals surface area (Å²) in [5.74, 6) is 0.623. The van der Waals surface area contributed by atoms with E-state index in [1.165, 1.54) is 11.5 Å². The Morgan fingerprint density at radius 2 is 2.33 bits per heavy atom. The monoisotopic (exact) mass is 222 g/mol. The molecule has 0 fully saturated rings. The molecule has 0 atom stereocenters. The Morgan fingerprint density at radius 1 is 1.40 bits per heavy atom. The maximum atomic E-state index is 4.97. The molecule has 0 amide bonds. The molecule has 0 radical (unpaired) electrons. The molecule has 0 aliphatic carbocycles. The molecule has 0 saturated carbocycles. The van der Waals surface area contributed by atoms with Crippen LogP contribution in [0.2, 0.25) is 0 Å². The first-order valence-corrected chi connectivity index (χ1v) is 5.16. The van der Waals surface area contributed by atoms with E-state index < -0.39 is 0 Å². The minimum Gasteiger partial charge on any atom is -0.481 e. The van der Waals surface area contributed by atoms with Crippen molar-refractivity contribution in [3.63, 3.8) is 0 Å². The van der Waals surface area contributed by atoms with Crippen LogP contribution in [0.4, 0.5) is 5.00 Å². The van der Waals surface area contributed by atoms with Crippen LogP contribution in [0.25, 0.3) is 0 Å². The molecule has 0 unspecified atom stereocenters. The van der Waals surface area contributed by atoms with E-state index in [4.69, 9.17) is 4.74 Å². The Labute approximate surface area is 91.3 Å². The molecule has 1 N–H and O–H groups in total. The Balaban J connectivity index is 1.93. The maximum Gasteiger partial charge on any atom is 0.212 e. The molecular weight excluding hydrogens is 212 g/mol. The summed E-state index contributed by atoms with van der Waals surface area (Å²) in [5, 5.41) is 7.87. The van der Waals surface area contributed by atoms with Gasteiger partial charge in [-0.15, -0.1) is 5.10 Å². The van der Waals surface area contributed by atoms with Crippen molar-refractivity contribution in [1.82, 2.24) is 14.6 Å². The topological polar surface area (TPSA) is 59.9 Å². The number of hydrogen-bond acceptors (Lipinski definition) is 6. The second-order valence-corrected chi connectivity index (χ2v) is 3.63. The van der Waals surface area contributed by atoms with Gasteiger partial charge in [0.25, 0.3) is 0 Å². The number of pyridine rings is 1. The van der Waals surface area contributed by atoms with Crippen molar-refractivity contribution < 1.29 is 4.74 Å². The van der Waals surface area contributed by atoms with E-state index in [-0.39, 0.29) is 0 Å². The van der Waals surface area contributed by atoms with Crippen LogP contribution in [0.1, 0.15) is 5.56 Å². The molecule has 0 bridgehead atoms. The van der Waals surface area contributed by atoms with Crippen molar-refractivity contribution in [3.8, 4) is 5.88 Å². The average molecular weight is 222 g/mol. The summed E-state index contributed by atoms with van der Waals surface area (Å²) in [6.45, 7) is 0.709. The van der Waals surface area contributed by atoms with Gasteiger partial charge in [0.1, 0.15) is 5.00 Å². The fourth-order valence-corrected chi connectivity index (χ4v) is 1.48. The fraction of sp³-hybridized carbons (Fsp3) is 0.222. The minimum absolute atomic E-state index is 0.623. The van der Waals surface area contributed by atoms with Crippen molar-refractivity contribution in [2.45, 2.75) is 6.54 Å². The van der Waals surface area contributed by atoms with E-state index >= 15 is 0 Å². The summed E-state index contributed by atoms with van der Waals surface area (Å²) in [6.07, 6.45) is 3.47. The molecule has 0 spiro atoms. The summed E-state index contributed by atoms with van der Waals surface area (Å²) < 4.78 is 8.73. The number of ether oxygens (including phenoxy) is 1. The molecule has 0 aliphatic rings. The molecule has 6 heteroatoms. The Hall–Kier alpha value is -1.69. The van der Waals surface area contributed by atoms with Crippen LogP contribution in [-0.2, 0) is 6.54 Å². The lowest BCUT2D eigenvalue weighted by Crippen LogP contribution is -1.98. The largest absolute Gasteiger partial charge is 0.481 e. The number of anilines is 1. The van der Waals surface area contributed by atoms with Crippen molar-refractivity contribution in [3.05, 3.63) is 30.1 Å². The van der Waals surface area contributed by atoms with E-state index in [9.17, 15) is 0 Å². The Morgan fingerprint density at radius 3 is 2.93 bits per heavy atom. The molecule has 2 aromatic rings. The van der Waals surface area contributed by atoms with Crippen molar-refractivity contribution in [2.75, 3.05) is 12.4 Å². The number of methoxy groups -OCH3 is 1. The van der Waals surface area contributed by atoms with Crippen LogP contribution in [0.3, 0.4) is 0 Å². The average Bonchev–Trinajstić information content (AvgIpc) is 2.80. The van der Waals surface area contributed by atoms with Crippen LogP contribution < -0.4 is 10.1 Å². The molecule has 5 nitrogen and oxygen atoms in total. The van der Waals surface area contributed by atoms with Crippen molar-refractivity contribution in [1.29, 1.82) is 0 Å². The molecule has 2 rings (SSSR count). The van der Waals surface area contributed by atoms with Gasteiger partial charge < -0.3 is 10.1 Å². The van der Waals surface area contributed by atoms with Crippen molar-refractivity contribution >= 4 is 16.5 Å². The SMILES string of the molecule is COc1ccc(CNc2cnns2)cn1. The maximum absolute atomic E-state index is 4.97. The van der Waals surface area contributed by atoms with E-state index in [1.807, 2.05) is 12.1 Å². The highest BCUT2D eigenvalue weighted by atomic mass is 32.1. The summed E-state index contributed by atoms with van der Waals surface area (Å²) in [4.78, 5) is 4.11. The van der Waals surface area contributed by atoms with Crippen LogP contribution in [0.5, 0.6) is 5.88 Å². The van der Waals surface area contributed by atoms with Gasteiger partial charge in [-0.25, -0.2) is 4.98 Å². The minimum atomic E-state index is 0.623. The third kappa shape index (κ3) is 2.63.